The summed E-state index contributed by atoms with van der Waals surface area (Å²) in [4.78, 5) is 17.1. The van der Waals surface area contributed by atoms with Crippen LogP contribution in [0.1, 0.15) is 35.6 Å². The van der Waals surface area contributed by atoms with Crippen LogP contribution in [-0.4, -0.2) is 16.9 Å². The molecule has 0 saturated carbocycles. The van der Waals surface area contributed by atoms with E-state index in [2.05, 4.69) is 10.3 Å². The first-order valence-corrected chi connectivity index (χ1v) is 7.37. The number of carbonyl (C=O) groups excluding carboxylic acids is 1. The number of nitrogens with zero attached hydrogens (tertiary/aromatic N) is 1. The smallest absolute Gasteiger partial charge is 0.263 e. The molecule has 2 rings (SSSR count). The maximum atomic E-state index is 12.9. The fourth-order valence-electron chi connectivity index (χ4n) is 1.71. The van der Waals surface area contributed by atoms with Crippen LogP contribution in [0.25, 0.3) is 10.6 Å². The third kappa shape index (κ3) is 3.22. The van der Waals surface area contributed by atoms with E-state index < -0.39 is 0 Å². The van der Waals surface area contributed by atoms with Gasteiger partial charge in [0.25, 0.3) is 5.91 Å². The lowest BCUT2D eigenvalue weighted by molar-refractivity contribution is 0.0942. The van der Waals surface area contributed by atoms with Gasteiger partial charge in [0.05, 0.1) is 5.69 Å². The number of aromatic nitrogens is 1. The number of carbonyl (C=O) groups is 1. The molecule has 0 radical (unpaired) electrons. The largest absolute Gasteiger partial charge is 0.349 e. The molecule has 1 heterocycles. The van der Waals surface area contributed by atoms with E-state index in [0.717, 1.165) is 17.0 Å². The Morgan fingerprint density at radius 2 is 2.05 bits per heavy atom. The van der Waals surface area contributed by atoms with Gasteiger partial charge in [-0.2, -0.15) is 0 Å². The van der Waals surface area contributed by atoms with Gasteiger partial charge in [0.1, 0.15) is 15.7 Å². The average Bonchev–Trinajstić information content (AvgIpc) is 2.81. The number of hydrogen-bond donors (Lipinski definition) is 1. The van der Waals surface area contributed by atoms with Gasteiger partial charge >= 0.3 is 0 Å². The molecule has 1 aromatic heterocycles. The molecule has 0 fully saturated rings. The highest BCUT2D eigenvalue weighted by atomic mass is 32.1. The molecule has 1 amide bonds. The van der Waals surface area contributed by atoms with Crippen molar-refractivity contribution in [1.29, 1.82) is 0 Å². The number of halogens is 1. The van der Waals surface area contributed by atoms with Crippen molar-refractivity contribution in [2.75, 3.05) is 0 Å². The van der Waals surface area contributed by atoms with E-state index in [9.17, 15) is 9.18 Å². The summed E-state index contributed by atoms with van der Waals surface area (Å²) in [5, 5.41) is 3.67. The maximum absolute atomic E-state index is 12.9. The SMILES string of the molecule is CCC(C)NC(=O)c1sc(-c2ccc(F)cc2)nc1C. The summed E-state index contributed by atoms with van der Waals surface area (Å²) in [7, 11) is 0. The first-order chi connectivity index (χ1) is 9.51. The molecule has 0 aliphatic rings. The van der Waals surface area contributed by atoms with Crippen LogP contribution < -0.4 is 5.32 Å². The third-order valence-electron chi connectivity index (χ3n) is 3.08. The number of thiazole rings is 1. The average molecular weight is 292 g/mol. The highest BCUT2D eigenvalue weighted by Gasteiger charge is 2.17. The second-order valence-electron chi connectivity index (χ2n) is 4.72. The van der Waals surface area contributed by atoms with E-state index >= 15 is 0 Å². The molecule has 0 aliphatic carbocycles. The summed E-state index contributed by atoms with van der Waals surface area (Å²) >= 11 is 1.33. The number of rotatable bonds is 4. The molecule has 2 aromatic rings. The Labute approximate surface area is 121 Å². The number of amides is 1. The maximum Gasteiger partial charge on any atom is 0.263 e. The van der Waals surface area contributed by atoms with Crippen molar-refractivity contribution in [2.45, 2.75) is 33.2 Å². The zero-order valence-corrected chi connectivity index (χ0v) is 12.6. The molecule has 0 spiro atoms. The number of hydrogen-bond acceptors (Lipinski definition) is 3. The molecular formula is C15H17FN2OS. The quantitative estimate of drug-likeness (QED) is 0.931. The molecule has 1 atom stereocenters. The molecule has 1 aromatic carbocycles. The molecule has 5 heteroatoms. The lowest BCUT2D eigenvalue weighted by Crippen LogP contribution is -2.31. The van der Waals surface area contributed by atoms with E-state index in [0.29, 0.717) is 10.6 Å². The molecule has 1 N–H and O–H groups in total. The van der Waals surface area contributed by atoms with Crippen LogP contribution in [0.4, 0.5) is 4.39 Å². The number of benzene rings is 1. The predicted octanol–water partition coefficient (Wildman–Crippen LogP) is 3.79. The molecular weight excluding hydrogens is 275 g/mol. The summed E-state index contributed by atoms with van der Waals surface area (Å²) in [5.74, 6) is -0.375. The summed E-state index contributed by atoms with van der Waals surface area (Å²) in [6.45, 7) is 5.80. The van der Waals surface area contributed by atoms with Gasteiger partial charge in [-0.15, -0.1) is 11.3 Å². The van der Waals surface area contributed by atoms with Crippen LogP contribution in [-0.2, 0) is 0 Å². The Bertz CT molecular complexity index is 607. The minimum atomic E-state index is -0.281. The highest BCUT2D eigenvalue weighted by Crippen LogP contribution is 2.28. The second-order valence-corrected chi connectivity index (χ2v) is 5.72. The van der Waals surface area contributed by atoms with Gasteiger partial charge in [-0.25, -0.2) is 9.37 Å². The van der Waals surface area contributed by atoms with E-state index in [1.165, 1.54) is 23.5 Å². The van der Waals surface area contributed by atoms with Gasteiger partial charge < -0.3 is 5.32 Å². The molecule has 0 aliphatic heterocycles. The minimum absolute atomic E-state index is 0.0947. The van der Waals surface area contributed by atoms with Crippen LogP contribution in [0.15, 0.2) is 24.3 Å². The van der Waals surface area contributed by atoms with Crippen LogP contribution in [0.2, 0.25) is 0 Å². The molecule has 0 saturated heterocycles. The van der Waals surface area contributed by atoms with Crippen molar-refractivity contribution < 1.29 is 9.18 Å². The van der Waals surface area contributed by atoms with Crippen LogP contribution in [0.5, 0.6) is 0 Å². The van der Waals surface area contributed by atoms with Gasteiger partial charge in [-0.1, -0.05) is 6.92 Å². The lowest BCUT2D eigenvalue weighted by Gasteiger charge is -2.09. The predicted molar refractivity (Wildman–Crippen MR) is 79.5 cm³/mol. The standard InChI is InChI=1S/C15H17FN2OS/c1-4-9(2)17-14(19)13-10(3)18-15(20-13)11-5-7-12(16)8-6-11/h5-9H,4H2,1-3H3,(H,17,19). The van der Waals surface area contributed by atoms with Crippen LogP contribution >= 0.6 is 11.3 Å². The highest BCUT2D eigenvalue weighted by molar-refractivity contribution is 7.17. The van der Waals surface area contributed by atoms with E-state index in [4.69, 9.17) is 0 Å². The Balaban J connectivity index is 2.25. The summed E-state index contributed by atoms with van der Waals surface area (Å²) in [5.41, 5.74) is 1.53. The molecule has 3 nitrogen and oxygen atoms in total. The van der Waals surface area contributed by atoms with Gasteiger partial charge in [0.15, 0.2) is 0 Å². The van der Waals surface area contributed by atoms with Crippen molar-refractivity contribution in [3.8, 4) is 10.6 Å². The summed E-state index contributed by atoms with van der Waals surface area (Å²) in [6, 6.07) is 6.27. The van der Waals surface area contributed by atoms with Crippen LogP contribution in [0, 0.1) is 12.7 Å². The summed E-state index contributed by atoms with van der Waals surface area (Å²) < 4.78 is 12.9. The lowest BCUT2D eigenvalue weighted by atomic mass is 10.2. The van der Waals surface area contributed by atoms with Crippen molar-refractivity contribution in [3.63, 3.8) is 0 Å². The summed E-state index contributed by atoms with van der Waals surface area (Å²) in [6.07, 6.45) is 0.883. The molecule has 106 valence electrons. The van der Waals surface area contributed by atoms with E-state index in [-0.39, 0.29) is 17.8 Å². The van der Waals surface area contributed by atoms with E-state index in [1.807, 2.05) is 20.8 Å². The van der Waals surface area contributed by atoms with Crippen molar-refractivity contribution in [1.82, 2.24) is 10.3 Å². The fraction of sp³-hybridized carbons (Fsp3) is 0.333. The van der Waals surface area contributed by atoms with Gasteiger partial charge in [0, 0.05) is 11.6 Å². The number of aryl methyl sites for hydroxylation is 1. The second kappa shape index (κ2) is 6.13. The zero-order chi connectivity index (χ0) is 14.7. The Hall–Kier alpha value is -1.75. The zero-order valence-electron chi connectivity index (χ0n) is 11.7. The monoisotopic (exact) mass is 292 g/mol. The van der Waals surface area contributed by atoms with Gasteiger partial charge in [-0.3, -0.25) is 4.79 Å². The van der Waals surface area contributed by atoms with Crippen molar-refractivity contribution in [3.05, 3.63) is 40.7 Å². The first-order valence-electron chi connectivity index (χ1n) is 6.55. The topological polar surface area (TPSA) is 42.0 Å². The van der Waals surface area contributed by atoms with E-state index in [1.54, 1.807) is 12.1 Å². The van der Waals surface area contributed by atoms with Crippen LogP contribution in [0.3, 0.4) is 0 Å². The van der Waals surface area contributed by atoms with Crippen molar-refractivity contribution in [2.24, 2.45) is 0 Å². The Morgan fingerprint density at radius 1 is 1.40 bits per heavy atom. The minimum Gasteiger partial charge on any atom is -0.349 e. The van der Waals surface area contributed by atoms with Gasteiger partial charge in [-0.05, 0) is 44.5 Å². The molecule has 0 bridgehead atoms. The number of nitrogens with one attached hydrogen (secondary N) is 1. The molecule has 20 heavy (non-hydrogen) atoms. The molecule has 1 unspecified atom stereocenters. The Morgan fingerprint density at radius 3 is 2.65 bits per heavy atom. The normalized spacial score (nSPS) is 12.2. The Kier molecular flexibility index (Phi) is 4.49. The fourth-order valence-corrected chi connectivity index (χ4v) is 2.69. The first kappa shape index (κ1) is 14.7. The third-order valence-corrected chi connectivity index (χ3v) is 4.29. The van der Waals surface area contributed by atoms with Crippen molar-refractivity contribution >= 4 is 17.2 Å². The van der Waals surface area contributed by atoms with Gasteiger partial charge in [0.2, 0.25) is 0 Å².